The zero-order valence-corrected chi connectivity index (χ0v) is 7.97. The van der Waals surface area contributed by atoms with Gasteiger partial charge in [-0.2, -0.15) is 4.98 Å². The van der Waals surface area contributed by atoms with Crippen molar-refractivity contribution in [2.75, 3.05) is 0 Å². The fraction of sp³-hybridized carbons (Fsp3) is 0.100. The molecule has 5 nitrogen and oxygen atoms in total. The molecule has 3 rings (SSSR count). The third-order valence-electron chi connectivity index (χ3n) is 2.28. The highest BCUT2D eigenvalue weighted by Crippen LogP contribution is 2.16. The van der Waals surface area contributed by atoms with Gasteiger partial charge in [-0.15, -0.1) is 4.57 Å². The second kappa shape index (κ2) is 2.66. The van der Waals surface area contributed by atoms with Gasteiger partial charge in [0.1, 0.15) is 5.82 Å². The summed E-state index contributed by atoms with van der Waals surface area (Å²) in [6.45, 7) is 1.77. The lowest BCUT2D eigenvalue weighted by molar-refractivity contribution is 0.335. The molecule has 0 aliphatic rings. The minimum absolute atomic E-state index is 0.517. The number of nitrogens with zero attached hydrogens (tertiary/aromatic N) is 3. The number of hydrogen-bond donors (Lipinski definition) is 0. The second-order valence-corrected chi connectivity index (χ2v) is 3.26. The minimum atomic E-state index is -0.601. The summed E-state index contributed by atoms with van der Waals surface area (Å²) in [5.41, 5.74) is 1.33. The van der Waals surface area contributed by atoms with E-state index in [4.69, 9.17) is 4.52 Å². The number of para-hydroxylation sites is 1. The first-order chi connectivity index (χ1) is 7.25. The Hall–Kier alpha value is -2.17. The lowest BCUT2D eigenvalue weighted by atomic mass is 10.2. The molecule has 0 saturated carbocycles. The highest BCUT2D eigenvalue weighted by molar-refractivity contribution is 5.90. The standard InChI is InChI=1S/C10H7N3O2/c1-6-11-8-5-3-2-4-7(8)9-12-10(14)15-13(6)9/h2-5H,1H3. The van der Waals surface area contributed by atoms with Crippen LogP contribution in [-0.4, -0.2) is 14.5 Å². The van der Waals surface area contributed by atoms with Crippen LogP contribution in [0.15, 0.2) is 33.6 Å². The van der Waals surface area contributed by atoms with E-state index in [1.165, 1.54) is 4.57 Å². The molecule has 3 aromatic rings. The van der Waals surface area contributed by atoms with Gasteiger partial charge in [-0.1, -0.05) is 12.1 Å². The second-order valence-electron chi connectivity index (χ2n) is 3.26. The first-order valence-corrected chi connectivity index (χ1v) is 4.51. The summed E-state index contributed by atoms with van der Waals surface area (Å²) in [4.78, 5) is 19.2. The molecule has 2 heterocycles. The number of hydrogen-bond acceptors (Lipinski definition) is 4. The van der Waals surface area contributed by atoms with Crippen LogP contribution in [-0.2, 0) is 0 Å². The maximum absolute atomic E-state index is 11.1. The fourth-order valence-corrected chi connectivity index (χ4v) is 1.64. The molecule has 2 aromatic heterocycles. The Balaban J connectivity index is 2.69. The molecule has 0 N–H and O–H groups in total. The molecule has 0 aliphatic heterocycles. The smallest absolute Gasteiger partial charge is 0.312 e. The quantitative estimate of drug-likeness (QED) is 0.547. The Morgan fingerprint density at radius 1 is 1.27 bits per heavy atom. The highest BCUT2D eigenvalue weighted by atomic mass is 16.5. The van der Waals surface area contributed by atoms with Gasteiger partial charge in [0.25, 0.3) is 0 Å². The predicted molar refractivity (Wildman–Crippen MR) is 53.8 cm³/mol. The SMILES string of the molecule is Cc1nc2ccccc2c2nc(=O)on12. The lowest BCUT2D eigenvalue weighted by Crippen LogP contribution is -1.95. The van der Waals surface area contributed by atoms with E-state index in [0.29, 0.717) is 11.5 Å². The Morgan fingerprint density at radius 2 is 2.07 bits per heavy atom. The molecule has 0 spiro atoms. The molecular weight excluding hydrogens is 194 g/mol. The molecule has 15 heavy (non-hydrogen) atoms. The molecule has 0 amide bonds. The van der Waals surface area contributed by atoms with E-state index in [0.717, 1.165) is 10.9 Å². The molecule has 74 valence electrons. The molecule has 5 heteroatoms. The average molecular weight is 201 g/mol. The maximum atomic E-state index is 11.1. The van der Waals surface area contributed by atoms with Gasteiger partial charge in [-0.3, -0.25) is 0 Å². The summed E-state index contributed by atoms with van der Waals surface area (Å²) in [6, 6.07) is 7.50. The van der Waals surface area contributed by atoms with Gasteiger partial charge < -0.3 is 4.52 Å². The van der Waals surface area contributed by atoms with Crippen LogP contribution < -0.4 is 5.76 Å². The summed E-state index contributed by atoms with van der Waals surface area (Å²) in [7, 11) is 0. The zero-order chi connectivity index (χ0) is 10.4. The zero-order valence-electron chi connectivity index (χ0n) is 7.97. The van der Waals surface area contributed by atoms with Gasteiger partial charge >= 0.3 is 5.76 Å². The van der Waals surface area contributed by atoms with E-state index < -0.39 is 5.76 Å². The van der Waals surface area contributed by atoms with E-state index in [1.807, 2.05) is 24.3 Å². The van der Waals surface area contributed by atoms with Crippen LogP contribution in [0.2, 0.25) is 0 Å². The number of aryl methyl sites for hydroxylation is 1. The van der Waals surface area contributed by atoms with Crippen LogP contribution in [0.25, 0.3) is 16.6 Å². The Bertz CT molecular complexity index is 711. The largest absolute Gasteiger partial charge is 0.460 e. The van der Waals surface area contributed by atoms with Crippen LogP contribution in [0, 0.1) is 6.92 Å². The van der Waals surface area contributed by atoms with Gasteiger partial charge in [0.05, 0.1) is 5.52 Å². The Morgan fingerprint density at radius 3 is 2.93 bits per heavy atom. The van der Waals surface area contributed by atoms with Crippen molar-refractivity contribution >= 4 is 16.6 Å². The van der Waals surface area contributed by atoms with Crippen LogP contribution in [0.3, 0.4) is 0 Å². The molecule has 0 fully saturated rings. The number of rotatable bonds is 0. The van der Waals surface area contributed by atoms with Crippen molar-refractivity contribution in [3.05, 3.63) is 40.6 Å². The van der Waals surface area contributed by atoms with Crippen molar-refractivity contribution in [3.8, 4) is 0 Å². The summed E-state index contributed by atoms with van der Waals surface area (Å²) >= 11 is 0. The molecule has 0 bridgehead atoms. The van der Waals surface area contributed by atoms with Crippen molar-refractivity contribution in [1.82, 2.24) is 14.5 Å². The van der Waals surface area contributed by atoms with Crippen molar-refractivity contribution in [1.29, 1.82) is 0 Å². The van der Waals surface area contributed by atoms with Crippen molar-refractivity contribution < 1.29 is 4.52 Å². The number of aromatic nitrogens is 3. The number of fused-ring (bicyclic) bond motifs is 3. The molecule has 0 unspecified atom stereocenters. The summed E-state index contributed by atoms with van der Waals surface area (Å²) in [5.74, 6) is 0.00885. The number of benzene rings is 1. The fourth-order valence-electron chi connectivity index (χ4n) is 1.64. The van der Waals surface area contributed by atoms with Gasteiger partial charge in [0.2, 0.25) is 0 Å². The van der Waals surface area contributed by atoms with E-state index in [-0.39, 0.29) is 0 Å². The monoisotopic (exact) mass is 201 g/mol. The van der Waals surface area contributed by atoms with Crippen LogP contribution in [0.4, 0.5) is 0 Å². The van der Waals surface area contributed by atoms with Crippen molar-refractivity contribution in [2.45, 2.75) is 6.92 Å². The summed E-state index contributed by atoms with van der Waals surface area (Å²) in [5, 5.41) is 0.814. The van der Waals surface area contributed by atoms with E-state index in [1.54, 1.807) is 6.92 Å². The topological polar surface area (TPSA) is 60.4 Å². The molecule has 0 radical (unpaired) electrons. The molecule has 0 saturated heterocycles. The van der Waals surface area contributed by atoms with Gasteiger partial charge in [-0.25, -0.2) is 9.78 Å². The van der Waals surface area contributed by atoms with Crippen LogP contribution in [0.1, 0.15) is 5.82 Å². The Kier molecular flexibility index (Phi) is 1.45. The van der Waals surface area contributed by atoms with Crippen LogP contribution >= 0.6 is 0 Å². The summed E-state index contributed by atoms with van der Waals surface area (Å²) < 4.78 is 6.25. The van der Waals surface area contributed by atoms with Crippen LogP contribution in [0.5, 0.6) is 0 Å². The first kappa shape index (κ1) is 8.16. The minimum Gasteiger partial charge on any atom is -0.312 e. The average Bonchev–Trinajstić information content (AvgIpc) is 2.61. The molecular formula is C10H7N3O2. The Labute approximate surface area is 84.0 Å². The van der Waals surface area contributed by atoms with E-state index >= 15 is 0 Å². The first-order valence-electron chi connectivity index (χ1n) is 4.51. The van der Waals surface area contributed by atoms with E-state index in [9.17, 15) is 4.79 Å². The summed E-state index contributed by atoms with van der Waals surface area (Å²) in [6.07, 6.45) is 0. The maximum Gasteiger partial charge on any atom is 0.460 e. The molecule has 0 atom stereocenters. The lowest BCUT2D eigenvalue weighted by Gasteiger charge is -2.00. The van der Waals surface area contributed by atoms with Gasteiger partial charge in [-0.05, 0) is 19.1 Å². The predicted octanol–water partition coefficient (Wildman–Crippen LogP) is 1.14. The van der Waals surface area contributed by atoms with Gasteiger partial charge in [0.15, 0.2) is 5.65 Å². The third-order valence-corrected chi connectivity index (χ3v) is 2.28. The highest BCUT2D eigenvalue weighted by Gasteiger charge is 2.09. The van der Waals surface area contributed by atoms with E-state index in [2.05, 4.69) is 9.97 Å². The van der Waals surface area contributed by atoms with Gasteiger partial charge in [0, 0.05) is 5.39 Å². The molecule has 0 aliphatic carbocycles. The van der Waals surface area contributed by atoms with Crippen molar-refractivity contribution in [3.63, 3.8) is 0 Å². The normalized spacial score (nSPS) is 11.3. The van der Waals surface area contributed by atoms with Crippen molar-refractivity contribution in [2.24, 2.45) is 0 Å². The molecule has 1 aromatic carbocycles. The third kappa shape index (κ3) is 1.06.